The number of hydrogen-bond acceptors (Lipinski definition) is 11. The van der Waals surface area contributed by atoms with Crippen molar-refractivity contribution in [2.75, 3.05) is 6.61 Å². The lowest BCUT2D eigenvalue weighted by Gasteiger charge is -2.31. The summed E-state index contributed by atoms with van der Waals surface area (Å²) in [4.78, 5) is 83.6. The Balaban J connectivity index is 5.33. The number of carboxylic acids is 1. The number of nitrogens with one attached hydrogen (secondary N) is 4. The van der Waals surface area contributed by atoms with E-state index in [9.17, 15) is 43.8 Å². The zero-order chi connectivity index (χ0) is 31.2. The summed E-state index contributed by atoms with van der Waals surface area (Å²) in [5.74, 6) is -5.38. The first-order chi connectivity index (χ1) is 18.5. The summed E-state index contributed by atoms with van der Waals surface area (Å²) < 4.78 is 5.01. The van der Waals surface area contributed by atoms with Crippen molar-refractivity contribution in [2.45, 2.75) is 95.9 Å². The minimum atomic E-state index is -2.02. The number of ketones is 1. The molecule has 3 unspecified atom stereocenters. The van der Waals surface area contributed by atoms with Gasteiger partial charge in [0, 0.05) is 13.3 Å². The summed E-state index contributed by atoms with van der Waals surface area (Å²) in [6.07, 6.45) is -7.10. The quantitative estimate of drug-likeness (QED) is 0.0764. The minimum Gasteiger partial charge on any atom is -0.480 e. The molecule has 0 aliphatic heterocycles. The smallest absolute Gasteiger partial charge is 0.408 e. The molecule has 228 valence electrons. The van der Waals surface area contributed by atoms with Crippen LogP contribution in [0.1, 0.15) is 53.4 Å². The molecule has 0 heterocycles. The minimum absolute atomic E-state index is 0.186. The van der Waals surface area contributed by atoms with E-state index in [-0.39, 0.29) is 19.3 Å². The number of carbonyl (C=O) groups is 7. The number of aliphatic carboxylic acids is 1. The highest BCUT2D eigenvalue weighted by Gasteiger charge is 2.39. The molecule has 17 nitrogen and oxygen atoms in total. The van der Waals surface area contributed by atoms with Gasteiger partial charge in [0.05, 0.1) is 6.61 Å². The fourth-order valence-corrected chi connectivity index (χ4v) is 3.37. The number of alkyl carbamates (subject to hydrolysis) is 1. The lowest BCUT2D eigenvalue weighted by molar-refractivity contribution is -0.142. The van der Waals surface area contributed by atoms with Crippen LogP contribution >= 0.6 is 0 Å². The number of ether oxygens (including phenoxy) is 1. The van der Waals surface area contributed by atoms with E-state index in [1.54, 1.807) is 6.92 Å². The van der Waals surface area contributed by atoms with Gasteiger partial charge in [-0.1, -0.05) is 13.3 Å². The van der Waals surface area contributed by atoms with Crippen LogP contribution in [0.25, 0.3) is 0 Å². The molecule has 0 aromatic carbocycles. The SMILES string of the molecule is CCCC(NC(=O)CCC(NC(=O)C(C)NC(=O)O[C@@H]([C@H](O)[C@H](O)CO)[C@@H](NC(C)=O)C(C)=O)C(N)=O)C(=O)O. The standard InChI is InChI=1S/C23H39N5O12/c1-5-6-14(22(37)38)27-16(33)8-7-13(20(24)35)28-21(36)10(2)25-23(39)40-19(18(34)15(32)9-29)17(11(3)30)26-12(4)31/h10,13-15,17-19,29,32,34H,5-9H2,1-4H3,(H2,24,35)(H,25,39)(H,26,31)(H,27,33)(H,28,36)(H,37,38)/t10?,13?,14?,15-,17+,18-,19-/m1/s1. The van der Waals surface area contributed by atoms with E-state index in [0.29, 0.717) is 6.42 Å². The first kappa shape index (κ1) is 36.2. The van der Waals surface area contributed by atoms with Gasteiger partial charge in [-0.05, 0) is 26.7 Å². The van der Waals surface area contributed by atoms with Gasteiger partial charge in [-0.15, -0.1) is 0 Å². The highest BCUT2D eigenvalue weighted by molar-refractivity contribution is 5.91. The van der Waals surface area contributed by atoms with Crippen molar-refractivity contribution >= 4 is 41.5 Å². The van der Waals surface area contributed by atoms with Crippen LogP contribution in [0.2, 0.25) is 0 Å². The second-order valence-electron chi connectivity index (χ2n) is 9.01. The predicted octanol–water partition coefficient (Wildman–Crippen LogP) is -3.60. The Morgan fingerprint density at radius 1 is 0.900 bits per heavy atom. The molecule has 5 amide bonds. The number of primary amides is 1. The van der Waals surface area contributed by atoms with Crippen molar-refractivity contribution in [3.8, 4) is 0 Å². The second kappa shape index (κ2) is 17.7. The van der Waals surface area contributed by atoms with Crippen LogP contribution < -0.4 is 27.0 Å². The average Bonchev–Trinajstić information content (AvgIpc) is 2.86. The van der Waals surface area contributed by atoms with Crippen molar-refractivity contribution < 1.29 is 58.7 Å². The van der Waals surface area contributed by atoms with Crippen LogP contribution in [0.5, 0.6) is 0 Å². The summed E-state index contributed by atoms with van der Waals surface area (Å²) in [7, 11) is 0. The van der Waals surface area contributed by atoms with Crippen LogP contribution in [0, 0.1) is 0 Å². The number of rotatable bonds is 18. The number of hydrogen-bond donors (Lipinski definition) is 9. The van der Waals surface area contributed by atoms with Gasteiger partial charge in [0.2, 0.25) is 23.6 Å². The van der Waals surface area contributed by atoms with Gasteiger partial charge < -0.3 is 52.2 Å². The first-order valence-corrected chi connectivity index (χ1v) is 12.4. The van der Waals surface area contributed by atoms with E-state index in [0.717, 1.165) is 13.8 Å². The fourth-order valence-electron chi connectivity index (χ4n) is 3.37. The van der Waals surface area contributed by atoms with Gasteiger partial charge in [-0.3, -0.25) is 24.0 Å². The van der Waals surface area contributed by atoms with Crippen LogP contribution in [0.3, 0.4) is 0 Å². The van der Waals surface area contributed by atoms with Crippen molar-refractivity contribution in [1.29, 1.82) is 0 Å². The van der Waals surface area contributed by atoms with Crippen molar-refractivity contribution in [3.63, 3.8) is 0 Å². The molecule has 7 atom stereocenters. The zero-order valence-electron chi connectivity index (χ0n) is 22.7. The number of nitrogens with two attached hydrogens (primary N) is 1. The third-order valence-corrected chi connectivity index (χ3v) is 5.54. The summed E-state index contributed by atoms with van der Waals surface area (Å²) in [5.41, 5.74) is 5.28. The zero-order valence-corrected chi connectivity index (χ0v) is 22.7. The van der Waals surface area contributed by atoms with Crippen LogP contribution in [0.4, 0.5) is 4.79 Å². The lowest BCUT2D eigenvalue weighted by Crippen LogP contribution is -2.58. The Morgan fingerprint density at radius 2 is 1.50 bits per heavy atom. The van der Waals surface area contributed by atoms with Gasteiger partial charge in [0.1, 0.15) is 36.4 Å². The third-order valence-electron chi connectivity index (χ3n) is 5.54. The normalized spacial score (nSPS) is 16.1. The van der Waals surface area contributed by atoms with Gasteiger partial charge in [0.25, 0.3) is 0 Å². The molecule has 0 fully saturated rings. The van der Waals surface area contributed by atoms with E-state index in [2.05, 4.69) is 21.3 Å². The Bertz CT molecular complexity index is 930. The Kier molecular flexibility index (Phi) is 16.0. The first-order valence-electron chi connectivity index (χ1n) is 12.4. The average molecular weight is 578 g/mol. The molecular formula is C23H39N5O12. The number of carboxylic acid groups (broad SMARTS) is 1. The lowest BCUT2D eigenvalue weighted by atomic mass is 9.98. The molecule has 0 aromatic heterocycles. The number of carbonyl (C=O) groups excluding carboxylic acids is 6. The van der Waals surface area contributed by atoms with Crippen LogP contribution in [-0.4, -0.2) is 111 Å². The Morgan fingerprint density at radius 3 is 1.95 bits per heavy atom. The van der Waals surface area contributed by atoms with E-state index in [1.165, 1.54) is 6.92 Å². The maximum atomic E-state index is 12.6. The molecule has 10 N–H and O–H groups in total. The highest BCUT2D eigenvalue weighted by Crippen LogP contribution is 2.12. The van der Waals surface area contributed by atoms with Gasteiger partial charge in [-0.25, -0.2) is 9.59 Å². The molecule has 17 heteroatoms. The summed E-state index contributed by atoms with van der Waals surface area (Å²) in [6.45, 7) is 3.99. The number of aliphatic hydroxyl groups excluding tert-OH is 3. The van der Waals surface area contributed by atoms with Crippen molar-refractivity contribution in [1.82, 2.24) is 21.3 Å². The Labute approximate surface area is 230 Å². The number of amides is 5. The molecule has 0 aromatic rings. The Hall–Kier alpha value is -3.83. The second-order valence-corrected chi connectivity index (χ2v) is 9.01. The van der Waals surface area contributed by atoms with E-state index < -0.39 is 90.6 Å². The molecule has 0 spiro atoms. The fraction of sp³-hybridized carbons (Fsp3) is 0.696. The molecular weight excluding hydrogens is 538 g/mol. The monoisotopic (exact) mass is 577 g/mol. The van der Waals surface area contributed by atoms with Crippen molar-refractivity contribution in [3.05, 3.63) is 0 Å². The van der Waals surface area contributed by atoms with Crippen LogP contribution in [0.15, 0.2) is 0 Å². The topological polar surface area (TPSA) is 284 Å². The molecule has 0 radical (unpaired) electrons. The highest BCUT2D eigenvalue weighted by atomic mass is 16.6. The van der Waals surface area contributed by atoms with Gasteiger partial charge in [-0.2, -0.15) is 0 Å². The van der Waals surface area contributed by atoms with E-state index in [4.69, 9.17) is 20.7 Å². The van der Waals surface area contributed by atoms with Crippen molar-refractivity contribution in [2.24, 2.45) is 5.73 Å². The molecule has 0 bridgehead atoms. The third kappa shape index (κ3) is 12.8. The maximum Gasteiger partial charge on any atom is 0.408 e. The predicted molar refractivity (Wildman–Crippen MR) is 135 cm³/mol. The number of aliphatic hydroxyl groups is 3. The summed E-state index contributed by atoms with van der Waals surface area (Å²) in [6, 6.07) is -5.51. The molecule has 40 heavy (non-hydrogen) atoms. The van der Waals surface area contributed by atoms with E-state index in [1.807, 2.05) is 0 Å². The summed E-state index contributed by atoms with van der Waals surface area (Å²) >= 11 is 0. The molecule has 0 saturated carbocycles. The van der Waals surface area contributed by atoms with Gasteiger partial charge >= 0.3 is 12.1 Å². The molecule has 0 aliphatic rings. The maximum absolute atomic E-state index is 12.6. The molecule has 0 rings (SSSR count). The molecule has 0 aliphatic carbocycles. The van der Waals surface area contributed by atoms with Crippen LogP contribution in [-0.2, 0) is 33.5 Å². The molecule has 0 saturated heterocycles. The van der Waals surface area contributed by atoms with E-state index >= 15 is 0 Å². The van der Waals surface area contributed by atoms with Gasteiger partial charge in [0.15, 0.2) is 11.9 Å². The largest absolute Gasteiger partial charge is 0.480 e. The number of Topliss-reactive ketones (excluding diaryl/α,β-unsaturated/α-hetero) is 1. The summed E-state index contributed by atoms with van der Waals surface area (Å²) in [5, 5.41) is 47.1.